The maximum absolute atomic E-state index is 5.51. The number of amidine groups is 1. The van der Waals surface area contributed by atoms with Crippen LogP contribution in [0, 0.1) is 5.92 Å². The number of hydrogen-bond acceptors (Lipinski definition) is 2. The minimum Gasteiger partial charge on any atom is -0.382 e. The fraction of sp³-hybridized carbons (Fsp3) is 0.667. The smallest absolute Gasteiger partial charge is 0.144 e. The van der Waals surface area contributed by atoms with Crippen LogP contribution < -0.4 is 11.1 Å². The molecule has 1 heterocycles. The van der Waals surface area contributed by atoms with E-state index >= 15 is 0 Å². The molecule has 3 heteroatoms. The summed E-state index contributed by atoms with van der Waals surface area (Å²) in [6.07, 6.45) is 8.14. The molecular weight excluding hydrogens is 150 g/mol. The van der Waals surface area contributed by atoms with E-state index in [1.165, 1.54) is 32.1 Å². The average Bonchev–Trinajstić information content (AvgIpc) is 2.54. The Kier molecular flexibility index (Phi) is 2.02. The highest BCUT2D eigenvalue weighted by molar-refractivity contribution is 5.87. The highest BCUT2D eigenvalue weighted by Crippen LogP contribution is 2.25. The second-order valence-electron chi connectivity index (χ2n) is 3.49. The number of hydrogen-bond donors (Lipinski definition) is 1. The standard InChI is InChI=1S/C9H14N3/c10-8-6-11-9(12-8)7-4-2-1-3-5-7/h6-7H,1-5,10H2. The molecule has 0 atom stereocenters. The Bertz CT molecular complexity index is 224. The second kappa shape index (κ2) is 3.17. The summed E-state index contributed by atoms with van der Waals surface area (Å²) in [7, 11) is 0. The monoisotopic (exact) mass is 164 g/mol. The SMILES string of the molecule is NC1=C[N]C(C2CCCCC2)=N1. The van der Waals surface area contributed by atoms with E-state index in [-0.39, 0.29) is 0 Å². The normalized spacial score (nSPS) is 24.7. The third-order valence-electron chi connectivity index (χ3n) is 2.54. The van der Waals surface area contributed by atoms with Crippen LogP contribution in [0.3, 0.4) is 0 Å². The van der Waals surface area contributed by atoms with Gasteiger partial charge in [-0.2, -0.15) is 0 Å². The van der Waals surface area contributed by atoms with Crippen LogP contribution in [0.1, 0.15) is 32.1 Å². The van der Waals surface area contributed by atoms with Gasteiger partial charge in [0.15, 0.2) is 0 Å². The molecule has 2 N–H and O–H groups in total. The summed E-state index contributed by atoms with van der Waals surface area (Å²) in [5, 5.41) is 4.20. The van der Waals surface area contributed by atoms with Crippen LogP contribution in [0.15, 0.2) is 17.0 Å². The van der Waals surface area contributed by atoms with Gasteiger partial charge >= 0.3 is 0 Å². The van der Waals surface area contributed by atoms with Gasteiger partial charge in [0.1, 0.15) is 11.7 Å². The lowest BCUT2D eigenvalue weighted by atomic mass is 9.88. The van der Waals surface area contributed by atoms with E-state index in [0.29, 0.717) is 11.7 Å². The van der Waals surface area contributed by atoms with Crippen LogP contribution in [0.2, 0.25) is 0 Å². The van der Waals surface area contributed by atoms with Gasteiger partial charge < -0.3 is 5.73 Å². The molecule has 0 amide bonds. The van der Waals surface area contributed by atoms with Crippen molar-refractivity contribution < 1.29 is 0 Å². The van der Waals surface area contributed by atoms with Crippen molar-refractivity contribution in [2.75, 3.05) is 0 Å². The van der Waals surface area contributed by atoms with Gasteiger partial charge in [-0.25, -0.2) is 10.3 Å². The van der Waals surface area contributed by atoms with Gasteiger partial charge in [-0.05, 0) is 12.8 Å². The van der Waals surface area contributed by atoms with Crippen molar-refractivity contribution in [2.24, 2.45) is 16.6 Å². The van der Waals surface area contributed by atoms with Gasteiger partial charge in [-0.3, -0.25) is 0 Å². The first-order valence-electron chi connectivity index (χ1n) is 4.61. The van der Waals surface area contributed by atoms with E-state index in [0.717, 1.165) is 5.84 Å². The third-order valence-corrected chi connectivity index (χ3v) is 2.54. The molecule has 0 aromatic heterocycles. The van der Waals surface area contributed by atoms with Crippen molar-refractivity contribution in [3.8, 4) is 0 Å². The molecule has 1 fully saturated rings. The fourth-order valence-corrected chi connectivity index (χ4v) is 1.88. The second-order valence-corrected chi connectivity index (χ2v) is 3.49. The van der Waals surface area contributed by atoms with Crippen LogP contribution in [0.5, 0.6) is 0 Å². The maximum atomic E-state index is 5.51. The molecule has 1 saturated carbocycles. The van der Waals surface area contributed by atoms with Gasteiger partial charge in [0, 0.05) is 5.92 Å². The van der Waals surface area contributed by atoms with Gasteiger partial charge in [0.2, 0.25) is 0 Å². The van der Waals surface area contributed by atoms with E-state index in [1.54, 1.807) is 6.20 Å². The van der Waals surface area contributed by atoms with Crippen molar-refractivity contribution in [3.63, 3.8) is 0 Å². The molecule has 2 rings (SSSR count). The average molecular weight is 164 g/mol. The number of nitrogens with zero attached hydrogens (tertiary/aromatic N) is 2. The predicted octanol–water partition coefficient (Wildman–Crippen LogP) is 1.34. The van der Waals surface area contributed by atoms with E-state index in [2.05, 4.69) is 10.3 Å². The molecular formula is C9H14N3. The van der Waals surface area contributed by atoms with Crippen molar-refractivity contribution in [1.82, 2.24) is 5.32 Å². The van der Waals surface area contributed by atoms with Crippen molar-refractivity contribution in [2.45, 2.75) is 32.1 Å². The molecule has 2 aliphatic rings. The summed E-state index contributed by atoms with van der Waals surface area (Å²) in [6.45, 7) is 0. The Labute approximate surface area is 72.7 Å². The lowest BCUT2D eigenvalue weighted by molar-refractivity contribution is 0.435. The van der Waals surface area contributed by atoms with E-state index in [9.17, 15) is 0 Å². The van der Waals surface area contributed by atoms with Gasteiger partial charge in [-0.15, -0.1) is 0 Å². The maximum Gasteiger partial charge on any atom is 0.144 e. The molecule has 0 saturated heterocycles. The Morgan fingerprint density at radius 2 is 2.00 bits per heavy atom. The van der Waals surface area contributed by atoms with Crippen molar-refractivity contribution in [3.05, 3.63) is 12.0 Å². The van der Waals surface area contributed by atoms with Gasteiger partial charge in [-0.1, -0.05) is 19.3 Å². The van der Waals surface area contributed by atoms with Gasteiger partial charge in [0.05, 0.1) is 6.20 Å². The fourth-order valence-electron chi connectivity index (χ4n) is 1.88. The zero-order valence-electron chi connectivity index (χ0n) is 7.16. The summed E-state index contributed by atoms with van der Waals surface area (Å²) in [6, 6.07) is 0. The highest BCUT2D eigenvalue weighted by Gasteiger charge is 2.21. The summed E-state index contributed by atoms with van der Waals surface area (Å²) < 4.78 is 0. The van der Waals surface area contributed by atoms with Crippen LogP contribution in [0.25, 0.3) is 0 Å². The Hall–Kier alpha value is -0.990. The minimum absolute atomic E-state index is 0.565. The highest BCUT2D eigenvalue weighted by atomic mass is 15.1. The summed E-state index contributed by atoms with van der Waals surface area (Å²) >= 11 is 0. The zero-order valence-corrected chi connectivity index (χ0v) is 7.16. The first-order valence-corrected chi connectivity index (χ1v) is 4.61. The van der Waals surface area contributed by atoms with Crippen molar-refractivity contribution in [1.29, 1.82) is 0 Å². The minimum atomic E-state index is 0.565. The lowest BCUT2D eigenvalue weighted by Gasteiger charge is -2.20. The molecule has 1 aliphatic heterocycles. The zero-order chi connectivity index (χ0) is 8.39. The third kappa shape index (κ3) is 1.44. The molecule has 1 aliphatic carbocycles. The van der Waals surface area contributed by atoms with Gasteiger partial charge in [0.25, 0.3) is 0 Å². The summed E-state index contributed by atoms with van der Waals surface area (Å²) in [5.74, 6) is 2.11. The quantitative estimate of drug-likeness (QED) is 0.624. The molecule has 12 heavy (non-hydrogen) atoms. The van der Waals surface area contributed by atoms with Crippen LogP contribution in [0.4, 0.5) is 0 Å². The molecule has 3 nitrogen and oxygen atoms in total. The molecule has 0 unspecified atom stereocenters. The van der Waals surface area contributed by atoms with E-state index in [1.807, 2.05) is 0 Å². The Morgan fingerprint density at radius 3 is 2.58 bits per heavy atom. The largest absolute Gasteiger partial charge is 0.382 e. The first kappa shape index (κ1) is 7.65. The number of rotatable bonds is 1. The molecule has 1 radical (unpaired) electrons. The number of aliphatic imine (C=N–C) groups is 1. The van der Waals surface area contributed by atoms with Crippen LogP contribution in [-0.2, 0) is 0 Å². The summed E-state index contributed by atoms with van der Waals surface area (Å²) in [4.78, 5) is 4.20. The molecule has 0 aromatic rings. The first-order chi connectivity index (χ1) is 5.86. The Balaban J connectivity index is 1.96. The number of nitrogens with two attached hydrogens (primary N) is 1. The summed E-state index contributed by atoms with van der Waals surface area (Å²) in [5.41, 5.74) is 5.51. The molecule has 65 valence electrons. The predicted molar refractivity (Wildman–Crippen MR) is 48.4 cm³/mol. The van der Waals surface area contributed by atoms with E-state index in [4.69, 9.17) is 5.73 Å². The van der Waals surface area contributed by atoms with Crippen LogP contribution >= 0.6 is 0 Å². The molecule has 0 aromatic carbocycles. The Morgan fingerprint density at radius 1 is 1.25 bits per heavy atom. The van der Waals surface area contributed by atoms with E-state index < -0.39 is 0 Å². The topological polar surface area (TPSA) is 52.5 Å². The van der Waals surface area contributed by atoms with Crippen molar-refractivity contribution >= 4 is 5.84 Å². The molecule has 0 bridgehead atoms. The molecule has 0 spiro atoms. The van der Waals surface area contributed by atoms with Crippen LogP contribution in [-0.4, -0.2) is 5.84 Å². The lowest BCUT2D eigenvalue weighted by Crippen LogP contribution is -2.21.